The third kappa shape index (κ3) is 2.93. The molecule has 0 aromatic carbocycles. The van der Waals surface area contributed by atoms with Crippen molar-refractivity contribution < 1.29 is 9.21 Å². The quantitative estimate of drug-likeness (QED) is 0.747. The van der Waals surface area contributed by atoms with Crippen LogP contribution in [0.3, 0.4) is 0 Å². The molecule has 1 amide bonds. The lowest BCUT2D eigenvalue weighted by Gasteiger charge is -2.35. The van der Waals surface area contributed by atoms with E-state index < -0.39 is 6.04 Å². The predicted octanol–water partition coefficient (Wildman–Crippen LogP) is 3.44. The fraction of sp³-hybridized carbons (Fsp3) is 0.571. The minimum Gasteiger partial charge on any atom is -0.463 e. The molecule has 4 atom stereocenters. The average Bonchev–Trinajstić information content (AvgIpc) is 3.25. The number of amides is 1. The summed E-state index contributed by atoms with van der Waals surface area (Å²) in [5, 5.41) is 7.69. The van der Waals surface area contributed by atoms with Crippen LogP contribution in [0.5, 0.6) is 0 Å². The lowest BCUT2D eigenvalue weighted by molar-refractivity contribution is -0.126. The molecule has 0 bridgehead atoms. The maximum atomic E-state index is 13.1. The Morgan fingerprint density at radius 3 is 2.89 bits per heavy atom. The number of hydrogen-bond donors (Lipinski definition) is 1. The van der Waals surface area contributed by atoms with Crippen LogP contribution in [-0.2, 0) is 4.79 Å². The molecule has 1 aliphatic carbocycles. The van der Waals surface area contributed by atoms with Gasteiger partial charge < -0.3 is 9.73 Å². The number of nitrogens with one attached hydrogen (secondary N) is 1. The Bertz CT molecular complexity index is 1080. The summed E-state index contributed by atoms with van der Waals surface area (Å²) in [6.07, 6.45) is 5.42. The van der Waals surface area contributed by atoms with E-state index in [0.717, 1.165) is 18.4 Å². The van der Waals surface area contributed by atoms with Crippen molar-refractivity contribution >= 4 is 22.5 Å². The molecule has 7 nitrogen and oxygen atoms in total. The van der Waals surface area contributed by atoms with E-state index in [0.29, 0.717) is 35.2 Å². The summed E-state index contributed by atoms with van der Waals surface area (Å²) in [6, 6.07) is 3.07. The van der Waals surface area contributed by atoms with Crippen molar-refractivity contribution in [3.05, 3.63) is 34.6 Å². The molecule has 7 heteroatoms. The zero-order valence-electron chi connectivity index (χ0n) is 16.9. The first kappa shape index (κ1) is 18.8. The lowest BCUT2D eigenvalue weighted by atomic mass is 9.78. The number of furan rings is 1. The molecule has 1 N–H and O–H groups in total. The maximum Gasteiger partial charge on any atom is 0.291 e. The van der Waals surface area contributed by atoms with Crippen molar-refractivity contribution in [2.24, 2.45) is 11.8 Å². The van der Waals surface area contributed by atoms with E-state index in [1.807, 2.05) is 19.9 Å². The minimum absolute atomic E-state index is 0.123. The number of aryl methyl sites for hydroxylation is 1. The number of rotatable bonds is 4. The van der Waals surface area contributed by atoms with Gasteiger partial charge in [-0.05, 0) is 31.6 Å². The molecular weight excluding hydrogens is 356 g/mol. The van der Waals surface area contributed by atoms with Crippen LogP contribution in [0.2, 0.25) is 0 Å². The number of fused-ring (bicyclic) bond motifs is 3. The van der Waals surface area contributed by atoms with Gasteiger partial charge >= 0.3 is 0 Å². The van der Waals surface area contributed by atoms with E-state index in [1.54, 1.807) is 16.7 Å². The standard InChI is InChI=1S/C21H28N4O3/c1-5-16(20(26)22-15-8-6-7-12(2)13(15)3)25-21(27)18-11-19-17(9-10-28-19)24(18)14(4)23-25/h9-13,15-16H,5-8H2,1-4H3,(H,22,26)/t12-,13-,15+,16+/m0/s1. The lowest BCUT2D eigenvalue weighted by Crippen LogP contribution is -2.48. The minimum atomic E-state index is -0.623. The number of carbonyl (C=O) groups excluding carboxylic acids is 1. The largest absolute Gasteiger partial charge is 0.463 e. The summed E-state index contributed by atoms with van der Waals surface area (Å²) in [5.74, 6) is 1.55. The Hall–Kier alpha value is -2.57. The van der Waals surface area contributed by atoms with Crippen LogP contribution in [0.1, 0.15) is 58.3 Å². The van der Waals surface area contributed by atoms with E-state index in [1.165, 1.54) is 11.1 Å². The van der Waals surface area contributed by atoms with Gasteiger partial charge in [0.25, 0.3) is 5.56 Å². The van der Waals surface area contributed by atoms with E-state index in [-0.39, 0.29) is 17.5 Å². The van der Waals surface area contributed by atoms with Crippen molar-refractivity contribution in [3.8, 4) is 0 Å². The summed E-state index contributed by atoms with van der Waals surface area (Å²) in [7, 11) is 0. The highest BCUT2D eigenvalue weighted by molar-refractivity contribution is 5.83. The number of aromatic nitrogens is 3. The van der Waals surface area contributed by atoms with Crippen LogP contribution in [0.4, 0.5) is 0 Å². The van der Waals surface area contributed by atoms with Crippen LogP contribution < -0.4 is 10.9 Å². The molecule has 0 radical (unpaired) electrons. The fourth-order valence-electron chi connectivity index (χ4n) is 4.54. The second-order valence-electron chi connectivity index (χ2n) is 8.14. The Morgan fingerprint density at radius 2 is 2.14 bits per heavy atom. The van der Waals surface area contributed by atoms with Crippen molar-refractivity contribution in [1.82, 2.24) is 19.5 Å². The van der Waals surface area contributed by atoms with E-state index in [2.05, 4.69) is 24.3 Å². The van der Waals surface area contributed by atoms with E-state index in [4.69, 9.17) is 4.42 Å². The Morgan fingerprint density at radius 1 is 1.36 bits per heavy atom. The molecule has 150 valence electrons. The Labute approximate surface area is 163 Å². The highest BCUT2D eigenvalue weighted by Crippen LogP contribution is 2.30. The van der Waals surface area contributed by atoms with Gasteiger partial charge in [0.15, 0.2) is 5.58 Å². The molecule has 3 aromatic rings. The summed E-state index contributed by atoms with van der Waals surface area (Å²) < 4.78 is 8.56. The van der Waals surface area contributed by atoms with Gasteiger partial charge in [0.05, 0.1) is 11.8 Å². The fourth-order valence-corrected chi connectivity index (χ4v) is 4.54. The highest BCUT2D eigenvalue weighted by atomic mass is 16.3. The van der Waals surface area contributed by atoms with Gasteiger partial charge in [-0.1, -0.05) is 33.6 Å². The first-order valence-electron chi connectivity index (χ1n) is 10.2. The van der Waals surface area contributed by atoms with Crippen molar-refractivity contribution in [3.63, 3.8) is 0 Å². The number of carbonyl (C=O) groups is 1. The van der Waals surface area contributed by atoms with Gasteiger partial charge in [-0.25, -0.2) is 4.68 Å². The van der Waals surface area contributed by atoms with Crippen molar-refractivity contribution in [2.75, 3.05) is 0 Å². The Balaban J connectivity index is 1.69. The van der Waals surface area contributed by atoms with Gasteiger partial charge in [-0.15, -0.1) is 0 Å². The number of nitrogens with zero attached hydrogens (tertiary/aromatic N) is 3. The van der Waals surface area contributed by atoms with Gasteiger partial charge in [0.2, 0.25) is 5.91 Å². The molecule has 0 aliphatic heterocycles. The molecule has 1 fully saturated rings. The first-order valence-corrected chi connectivity index (χ1v) is 10.2. The summed E-state index contributed by atoms with van der Waals surface area (Å²) in [5.41, 5.74) is 1.66. The molecule has 0 spiro atoms. The van der Waals surface area contributed by atoms with Gasteiger partial charge in [-0.3, -0.25) is 14.0 Å². The summed E-state index contributed by atoms with van der Waals surface area (Å²) in [4.78, 5) is 26.2. The number of hydrogen-bond acceptors (Lipinski definition) is 4. The smallest absolute Gasteiger partial charge is 0.291 e. The predicted molar refractivity (Wildman–Crippen MR) is 107 cm³/mol. The van der Waals surface area contributed by atoms with Crippen LogP contribution in [0, 0.1) is 18.8 Å². The summed E-state index contributed by atoms with van der Waals surface area (Å²) >= 11 is 0. The normalized spacial score (nSPS) is 23.9. The van der Waals surface area contributed by atoms with Crippen LogP contribution in [0.15, 0.2) is 27.6 Å². The zero-order valence-corrected chi connectivity index (χ0v) is 16.9. The van der Waals surface area contributed by atoms with Crippen molar-refractivity contribution in [2.45, 2.75) is 65.5 Å². The molecule has 1 aliphatic rings. The monoisotopic (exact) mass is 384 g/mol. The Kier molecular flexibility index (Phi) is 4.77. The van der Waals surface area contributed by atoms with Gasteiger partial charge in [0.1, 0.15) is 17.4 Å². The van der Waals surface area contributed by atoms with Gasteiger partial charge in [-0.2, -0.15) is 5.10 Å². The zero-order chi connectivity index (χ0) is 20.0. The van der Waals surface area contributed by atoms with E-state index in [9.17, 15) is 9.59 Å². The van der Waals surface area contributed by atoms with Crippen LogP contribution in [0.25, 0.3) is 16.6 Å². The molecule has 0 saturated heterocycles. The molecule has 3 heterocycles. The van der Waals surface area contributed by atoms with Crippen molar-refractivity contribution in [1.29, 1.82) is 0 Å². The van der Waals surface area contributed by atoms with E-state index >= 15 is 0 Å². The van der Waals surface area contributed by atoms with Crippen LogP contribution >= 0.6 is 0 Å². The topological polar surface area (TPSA) is 81.5 Å². The molecule has 1 saturated carbocycles. The second-order valence-corrected chi connectivity index (χ2v) is 8.14. The van der Waals surface area contributed by atoms with Crippen LogP contribution in [-0.4, -0.2) is 26.1 Å². The third-order valence-electron chi connectivity index (χ3n) is 6.45. The highest BCUT2D eigenvalue weighted by Gasteiger charge is 2.31. The third-order valence-corrected chi connectivity index (χ3v) is 6.45. The molecule has 3 aromatic heterocycles. The SMILES string of the molecule is CC[C@H](C(=O)N[C@@H]1CCC[C@H](C)[C@@H]1C)n1nc(C)n2c(cc3occc32)c1=O. The molecule has 0 unspecified atom stereocenters. The summed E-state index contributed by atoms with van der Waals surface area (Å²) in [6.45, 7) is 8.19. The average molecular weight is 384 g/mol. The molecule has 4 rings (SSSR count). The van der Waals surface area contributed by atoms with Gasteiger partial charge in [0, 0.05) is 18.2 Å². The maximum absolute atomic E-state index is 13.1. The first-order chi connectivity index (χ1) is 13.4. The molecule has 28 heavy (non-hydrogen) atoms. The second kappa shape index (κ2) is 7.11. The molecular formula is C21H28N4O3.